The molecule has 6 N–H and O–H groups in total. The Bertz CT molecular complexity index is 1830. The predicted molar refractivity (Wildman–Crippen MR) is 161 cm³/mol. The molecule has 0 aliphatic rings. The number of H-pyrrole nitrogens is 1. The maximum Gasteiger partial charge on any atom is 0.336 e. The number of carboxylic acid groups (broad SMARTS) is 1. The number of nitrogens with zero attached hydrogens (tertiary/aromatic N) is 3. The van der Waals surface area contributed by atoms with E-state index in [1.54, 1.807) is 48.8 Å². The highest BCUT2D eigenvalue weighted by molar-refractivity contribution is 6.01. The summed E-state index contributed by atoms with van der Waals surface area (Å²) in [6.45, 7) is 5.93. The molecule has 0 saturated heterocycles. The Kier molecular flexibility index (Phi) is 7.79. The van der Waals surface area contributed by atoms with Crippen LogP contribution in [-0.2, 0) is 6.54 Å². The van der Waals surface area contributed by atoms with E-state index in [0.29, 0.717) is 39.9 Å². The zero-order valence-electron chi connectivity index (χ0n) is 23.5. The molecule has 212 valence electrons. The van der Waals surface area contributed by atoms with Gasteiger partial charge in [0.25, 0.3) is 5.91 Å². The molecule has 0 fully saturated rings. The minimum atomic E-state index is -1.05. The predicted octanol–water partition coefficient (Wildman–Crippen LogP) is 5.09. The third kappa shape index (κ3) is 5.60. The summed E-state index contributed by atoms with van der Waals surface area (Å²) >= 11 is 0. The van der Waals surface area contributed by atoms with Gasteiger partial charge in [-0.05, 0) is 61.2 Å². The Hall–Kier alpha value is -5.38. The van der Waals surface area contributed by atoms with Crippen molar-refractivity contribution in [3.8, 4) is 11.1 Å². The van der Waals surface area contributed by atoms with Crippen LogP contribution in [-0.4, -0.2) is 43.0 Å². The maximum absolute atomic E-state index is 13.3. The molecule has 0 spiro atoms. The van der Waals surface area contributed by atoms with E-state index in [9.17, 15) is 14.7 Å². The van der Waals surface area contributed by atoms with Crippen LogP contribution in [0.1, 0.15) is 73.8 Å². The van der Waals surface area contributed by atoms with Gasteiger partial charge in [0.05, 0.1) is 40.9 Å². The van der Waals surface area contributed by atoms with Crippen molar-refractivity contribution in [3.05, 3.63) is 112 Å². The van der Waals surface area contributed by atoms with Gasteiger partial charge >= 0.3 is 5.97 Å². The van der Waals surface area contributed by atoms with Gasteiger partial charge in [0, 0.05) is 28.6 Å². The summed E-state index contributed by atoms with van der Waals surface area (Å²) < 4.78 is 0. The first-order valence-electron chi connectivity index (χ1n) is 13.5. The van der Waals surface area contributed by atoms with Gasteiger partial charge in [-0.25, -0.2) is 4.79 Å². The Morgan fingerprint density at radius 2 is 1.79 bits per heavy atom. The lowest BCUT2D eigenvalue weighted by Gasteiger charge is -2.21. The second-order valence-corrected chi connectivity index (χ2v) is 10.2. The van der Waals surface area contributed by atoms with Crippen molar-refractivity contribution < 1.29 is 14.7 Å². The molecule has 3 aromatic carbocycles. The maximum atomic E-state index is 13.3. The first kappa shape index (κ1) is 28.2. The summed E-state index contributed by atoms with van der Waals surface area (Å²) in [4.78, 5) is 34.1. The summed E-state index contributed by atoms with van der Waals surface area (Å²) in [7, 11) is 0. The van der Waals surface area contributed by atoms with Crippen molar-refractivity contribution in [1.82, 2.24) is 25.5 Å². The van der Waals surface area contributed by atoms with E-state index in [0.717, 1.165) is 27.9 Å². The van der Waals surface area contributed by atoms with Gasteiger partial charge in [-0.1, -0.05) is 42.8 Å². The second kappa shape index (κ2) is 11.6. The topological polar surface area (TPSA) is 171 Å². The Balaban J connectivity index is 1.61. The summed E-state index contributed by atoms with van der Waals surface area (Å²) in [5.74, 6) is -1.61. The Morgan fingerprint density at radius 3 is 2.48 bits per heavy atom. The summed E-state index contributed by atoms with van der Waals surface area (Å²) in [5.41, 5.74) is 12.6. The smallest absolute Gasteiger partial charge is 0.336 e. The largest absolute Gasteiger partial charge is 0.478 e. The number of nitrogens with one attached hydrogen (secondary N) is 3. The zero-order chi connectivity index (χ0) is 30.0. The van der Waals surface area contributed by atoms with Gasteiger partial charge in [0.1, 0.15) is 5.84 Å². The van der Waals surface area contributed by atoms with E-state index >= 15 is 0 Å². The van der Waals surface area contributed by atoms with Crippen molar-refractivity contribution in [2.24, 2.45) is 5.73 Å². The molecule has 0 saturated carbocycles. The van der Waals surface area contributed by atoms with Crippen molar-refractivity contribution in [2.75, 3.05) is 0 Å². The standard InChI is InChI=1S/C32H31N7O3/c1-4-22(29-25-10-6-19(30(33)34)13-28(25)38-39-29)23-9-7-20(31(40)37-16-21-15-35-18(3)14-36-21)12-26(23)24-8-5-17(2)11-27(24)32(41)42/h5-15,22H,4,16H2,1-3H3,(H3,33,34)(H,37,40)(H,38,39)(H,41,42). The normalized spacial score (nSPS) is 11.8. The summed E-state index contributed by atoms with van der Waals surface area (Å²) in [5, 5.41) is 29.3. The second-order valence-electron chi connectivity index (χ2n) is 10.2. The summed E-state index contributed by atoms with van der Waals surface area (Å²) in [6.07, 6.45) is 3.93. The van der Waals surface area contributed by atoms with Gasteiger partial charge in [0.15, 0.2) is 0 Å². The Morgan fingerprint density at radius 1 is 1.00 bits per heavy atom. The third-order valence-corrected chi connectivity index (χ3v) is 7.30. The van der Waals surface area contributed by atoms with Gasteiger partial charge in [-0.3, -0.25) is 25.3 Å². The highest BCUT2D eigenvalue weighted by Crippen LogP contribution is 2.39. The Labute approximate surface area is 242 Å². The number of aromatic carboxylic acids is 1. The van der Waals surface area contributed by atoms with Crippen molar-refractivity contribution in [1.29, 1.82) is 5.41 Å². The van der Waals surface area contributed by atoms with E-state index < -0.39 is 5.97 Å². The number of aryl methyl sites for hydroxylation is 2. The number of aromatic amines is 1. The van der Waals surface area contributed by atoms with Crippen molar-refractivity contribution in [2.45, 2.75) is 39.7 Å². The van der Waals surface area contributed by atoms with Crippen LogP contribution in [0, 0.1) is 19.3 Å². The van der Waals surface area contributed by atoms with Gasteiger partial charge in [-0.15, -0.1) is 0 Å². The number of amides is 1. The van der Waals surface area contributed by atoms with Crippen LogP contribution < -0.4 is 11.1 Å². The third-order valence-electron chi connectivity index (χ3n) is 7.30. The van der Waals surface area contributed by atoms with Crippen LogP contribution in [0.4, 0.5) is 0 Å². The fourth-order valence-corrected chi connectivity index (χ4v) is 5.13. The van der Waals surface area contributed by atoms with E-state index in [4.69, 9.17) is 11.1 Å². The molecule has 0 radical (unpaired) electrons. The van der Waals surface area contributed by atoms with Crippen molar-refractivity contribution >= 4 is 28.6 Å². The number of carbonyl (C=O) groups is 2. The highest BCUT2D eigenvalue weighted by Gasteiger charge is 2.25. The molecule has 1 amide bonds. The van der Waals surface area contributed by atoms with E-state index in [2.05, 4.69) is 25.5 Å². The number of benzene rings is 3. The van der Waals surface area contributed by atoms with E-state index in [1.165, 1.54) is 0 Å². The molecule has 2 heterocycles. The molecule has 0 aliphatic carbocycles. The van der Waals surface area contributed by atoms with Crippen LogP contribution in [0.25, 0.3) is 22.0 Å². The molecular formula is C32H31N7O3. The molecule has 1 atom stereocenters. The molecule has 1 unspecified atom stereocenters. The average molecular weight is 562 g/mol. The average Bonchev–Trinajstić information content (AvgIpc) is 3.40. The minimum Gasteiger partial charge on any atom is -0.478 e. The fourth-order valence-electron chi connectivity index (χ4n) is 5.13. The molecule has 5 rings (SSSR count). The number of carbonyl (C=O) groups excluding carboxylic acids is 1. The number of amidine groups is 1. The molecule has 42 heavy (non-hydrogen) atoms. The lowest BCUT2D eigenvalue weighted by Crippen LogP contribution is -2.23. The quantitative estimate of drug-likeness (QED) is 0.123. The van der Waals surface area contributed by atoms with E-state index in [1.807, 2.05) is 39.0 Å². The molecular weight excluding hydrogens is 530 g/mol. The minimum absolute atomic E-state index is 0.0420. The first-order chi connectivity index (χ1) is 20.2. The monoisotopic (exact) mass is 561 g/mol. The lowest BCUT2D eigenvalue weighted by molar-refractivity contribution is 0.0697. The summed E-state index contributed by atoms with van der Waals surface area (Å²) in [6, 6.07) is 16.1. The SMILES string of the molecule is CCC(c1ccc(C(=O)NCc2cnc(C)cn2)cc1-c1ccc(C)cc1C(=O)O)c1[nH]nc2cc(C(=N)N)ccc12. The van der Waals surface area contributed by atoms with Crippen LogP contribution in [0.15, 0.2) is 67.0 Å². The fraction of sp³-hybridized carbons (Fsp3) is 0.188. The number of aromatic nitrogens is 4. The number of carboxylic acids is 1. The molecule has 5 aromatic rings. The zero-order valence-corrected chi connectivity index (χ0v) is 23.5. The lowest BCUT2D eigenvalue weighted by atomic mass is 9.83. The first-order valence-corrected chi connectivity index (χ1v) is 13.5. The number of fused-ring (bicyclic) bond motifs is 1. The van der Waals surface area contributed by atoms with Gasteiger partial charge in [-0.2, -0.15) is 5.10 Å². The number of nitrogens with two attached hydrogens (primary N) is 1. The molecule has 10 nitrogen and oxygen atoms in total. The molecule has 10 heteroatoms. The molecule has 2 aromatic heterocycles. The number of hydrogen-bond acceptors (Lipinski definition) is 6. The van der Waals surface area contributed by atoms with Gasteiger partial charge < -0.3 is 16.2 Å². The number of nitrogen functional groups attached to an aromatic ring is 1. The van der Waals surface area contributed by atoms with Gasteiger partial charge in [0.2, 0.25) is 0 Å². The van der Waals surface area contributed by atoms with Crippen LogP contribution in [0.3, 0.4) is 0 Å². The van der Waals surface area contributed by atoms with Crippen LogP contribution in [0.2, 0.25) is 0 Å². The molecule has 0 bridgehead atoms. The van der Waals surface area contributed by atoms with Crippen LogP contribution in [0.5, 0.6) is 0 Å². The van der Waals surface area contributed by atoms with E-state index in [-0.39, 0.29) is 29.8 Å². The molecule has 0 aliphatic heterocycles. The highest BCUT2D eigenvalue weighted by atomic mass is 16.4. The number of hydrogen-bond donors (Lipinski definition) is 5. The van der Waals surface area contributed by atoms with Crippen molar-refractivity contribution in [3.63, 3.8) is 0 Å². The van der Waals surface area contributed by atoms with Crippen LogP contribution >= 0.6 is 0 Å². The number of rotatable bonds is 9.